The lowest BCUT2D eigenvalue weighted by Gasteiger charge is -2.40. The van der Waals surface area contributed by atoms with Crippen molar-refractivity contribution in [2.24, 2.45) is 0 Å². The molecule has 1 amide bonds. The van der Waals surface area contributed by atoms with E-state index in [1.807, 2.05) is 30.3 Å². The van der Waals surface area contributed by atoms with Crippen LogP contribution in [0.15, 0.2) is 42.3 Å². The highest BCUT2D eigenvalue weighted by atomic mass is 32.2. The van der Waals surface area contributed by atoms with Gasteiger partial charge in [-0.1, -0.05) is 36.9 Å². The highest BCUT2D eigenvalue weighted by Crippen LogP contribution is 2.19. The Morgan fingerprint density at radius 2 is 1.93 bits per heavy atom. The fourth-order valence-electron chi connectivity index (χ4n) is 2.78. The number of carbonyl (C=O) groups is 1. The zero-order chi connectivity index (χ0) is 20.1. The van der Waals surface area contributed by atoms with Gasteiger partial charge in [0.05, 0.1) is 19.3 Å². The topological polar surface area (TPSA) is 76.2 Å². The van der Waals surface area contributed by atoms with Crippen molar-refractivity contribution >= 4 is 16.1 Å². The first-order valence-corrected chi connectivity index (χ1v) is 10.4. The van der Waals surface area contributed by atoms with Crippen LogP contribution >= 0.6 is 0 Å². The molecule has 150 valence electrons. The summed E-state index contributed by atoms with van der Waals surface area (Å²) in [5.74, 6) is 0. The predicted molar refractivity (Wildman–Crippen MR) is 104 cm³/mol. The Labute approximate surface area is 161 Å². The maximum absolute atomic E-state index is 12.4. The summed E-state index contributed by atoms with van der Waals surface area (Å²) < 4.78 is 37.1. The molecule has 0 N–H and O–H groups in total. The number of hydrogen-bond acceptors (Lipinski definition) is 5. The van der Waals surface area contributed by atoms with E-state index in [1.54, 1.807) is 20.8 Å². The van der Waals surface area contributed by atoms with Crippen LogP contribution in [-0.4, -0.2) is 61.6 Å². The van der Waals surface area contributed by atoms with Crippen LogP contribution in [0.2, 0.25) is 0 Å². The normalized spacial score (nSPS) is 18.9. The minimum absolute atomic E-state index is 0.168. The van der Waals surface area contributed by atoms with Gasteiger partial charge in [0.1, 0.15) is 5.60 Å². The third-order valence-corrected chi connectivity index (χ3v) is 5.60. The van der Waals surface area contributed by atoms with E-state index in [9.17, 15) is 13.2 Å². The number of carbonyl (C=O) groups excluding carboxylic acids is 1. The van der Waals surface area contributed by atoms with E-state index < -0.39 is 27.8 Å². The first-order chi connectivity index (χ1) is 12.6. The van der Waals surface area contributed by atoms with E-state index in [2.05, 4.69) is 6.58 Å². The second-order valence-electron chi connectivity index (χ2n) is 7.40. The average Bonchev–Trinajstić information content (AvgIpc) is 2.61. The van der Waals surface area contributed by atoms with Gasteiger partial charge in [-0.3, -0.25) is 0 Å². The Hall–Kier alpha value is -1.90. The van der Waals surface area contributed by atoms with Crippen LogP contribution in [0, 0.1) is 0 Å². The molecule has 0 radical (unpaired) electrons. The summed E-state index contributed by atoms with van der Waals surface area (Å²) >= 11 is 0. The van der Waals surface area contributed by atoms with E-state index >= 15 is 0 Å². The van der Waals surface area contributed by atoms with Crippen molar-refractivity contribution in [3.05, 3.63) is 47.9 Å². The molecule has 8 heteroatoms. The number of nitrogens with zero attached hydrogens (tertiary/aromatic N) is 2. The molecule has 7 nitrogen and oxygen atoms in total. The van der Waals surface area contributed by atoms with Gasteiger partial charge in [0.2, 0.25) is 10.0 Å². The van der Waals surface area contributed by atoms with Crippen molar-refractivity contribution in [3.8, 4) is 0 Å². The Bertz CT molecular complexity index is 743. The molecule has 1 aliphatic rings. The van der Waals surface area contributed by atoms with Gasteiger partial charge < -0.3 is 14.4 Å². The van der Waals surface area contributed by atoms with E-state index in [1.165, 1.54) is 9.21 Å². The van der Waals surface area contributed by atoms with Gasteiger partial charge in [0.15, 0.2) is 0 Å². The number of rotatable bonds is 6. The molecule has 1 atom stereocenters. The van der Waals surface area contributed by atoms with E-state index in [-0.39, 0.29) is 26.2 Å². The molecule has 1 fully saturated rings. The second-order valence-corrected chi connectivity index (χ2v) is 9.24. The van der Waals surface area contributed by atoms with Crippen LogP contribution in [0.5, 0.6) is 0 Å². The summed E-state index contributed by atoms with van der Waals surface area (Å²) in [6, 6.07) is 9.12. The van der Waals surface area contributed by atoms with Gasteiger partial charge in [-0.2, -0.15) is 4.31 Å². The highest BCUT2D eigenvalue weighted by molar-refractivity contribution is 7.92. The van der Waals surface area contributed by atoms with Gasteiger partial charge in [-0.05, 0) is 26.3 Å². The molecule has 1 saturated heterocycles. The summed E-state index contributed by atoms with van der Waals surface area (Å²) in [4.78, 5) is 13.9. The first kappa shape index (κ1) is 21.4. The SMILES string of the molecule is C=CS(=O)(=O)N1CCN(C(=O)OC(C)(C)C)C[C@@H]1COCc1ccccc1. The van der Waals surface area contributed by atoms with Crippen LogP contribution in [-0.2, 0) is 26.1 Å². The Morgan fingerprint density at radius 1 is 1.26 bits per heavy atom. The molecule has 1 aliphatic heterocycles. The quantitative estimate of drug-likeness (QED) is 0.739. The maximum Gasteiger partial charge on any atom is 0.410 e. The minimum Gasteiger partial charge on any atom is -0.444 e. The molecule has 0 aliphatic carbocycles. The lowest BCUT2D eigenvalue weighted by Crippen LogP contribution is -2.58. The summed E-state index contributed by atoms with van der Waals surface area (Å²) in [6.45, 7) is 9.96. The largest absolute Gasteiger partial charge is 0.444 e. The van der Waals surface area contributed by atoms with Gasteiger partial charge in [-0.25, -0.2) is 13.2 Å². The number of sulfonamides is 1. The minimum atomic E-state index is -3.61. The van der Waals surface area contributed by atoms with Crippen molar-refractivity contribution in [1.82, 2.24) is 9.21 Å². The summed E-state index contributed by atoms with van der Waals surface area (Å²) in [5.41, 5.74) is 0.385. The molecule has 27 heavy (non-hydrogen) atoms. The lowest BCUT2D eigenvalue weighted by molar-refractivity contribution is 0.000597. The molecule has 2 rings (SSSR count). The highest BCUT2D eigenvalue weighted by Gasteiger charge is 2.36. The number of benzene rings is 1. The molecular weight excluding hydrogens is 368 g/mol. The van der Waals surface area contributed by atoms with Crippen molar-refractivity contribution < 1.29 is 22.7 Å². The maximum atomic E-state index is 12.4. The van der Waals surface area contributed by atoms with Crippen LogP contribution in [0.1, 0.15) is 26.3 Å². The fourth-order valence-corrected chi connectivity index (χ4v) is 3.86. The van der Waals surface area contributed by atoms with E-state index in [4.69, 9.17) is 9.47 Å². The zero-order valence-electron chi connectivity index (χ0n) is 16.1. The van der Waals surface area contributed by atoms with Gasteiger partial charge in [-0.15, -0.1) is 0 Å². The van der Waals surface area contributed by atoms with Crippen LogP contribution < -0.4 is 0 Å². The van der Waals surface area contributed by atoms with Gasteiger partial charge in [0.25, 0.3) is 0 Å². The summed E-state index contributed by atoms with van der Waals surface area (Å²) in [7, 11) is -3.61. The smallest absolute Gasteiger partial charge is 0.410 e. The molecule has 1 aromatic carbocycles. The third kappa shape index (κ3) is 6.34. The Balaban J connectivity index is 2.05. The second kappa shape index (κ2) is 8.86. The average molecular weight is 397 g/mol. The lowest BCUT2D eigenvalue weighted by atomic mass is 10.2. The molecule has 1 aromatic rings. The van der Waals surface area contributed by atoms with Crippen LogP contribution in [0.3, 0.4) is 0 Å². The monoisotopic (exact) mass is 396 g/mol. The first-order valence-electron chi connectivity index (χ1n) is 8.86. The Morgan fingerprint density at radius 3 is 2.52 bits per heavy atom. The standard InChI is InChI=1S/C19H28N2O5S/c1-5-27(23,24)21-12-11-20(18(22)26-19(2,3)4)13-17(21)15-25-14-16-9-7-6-8-10-16/h5-10,17H,1,11-15H2,2-4H3/t17-/m1/s1. The summed E-state index contributed by atoms with van der Waals surface area (Å²) in [6.07, 6.45) is -0.453. The van der Waals surface area contributed by atoms with Crippen LogP contribution in [0.4, 0.5) is 4.79 Å². The van der Waals surface area contributed by atoms with E-state index in [0.29, 0.717) is 6.61 Å². The molecule has 0 spiro atoms. The number of piperazine rings is 1. The molecule has 1 heterocycles. The van der Waals surface area contributed by atoms with Gasteiger partial charge in [0, 0.05) is 25.0 Å². The van der Waals surface area contributed by atoms with Crippen molar-refractivity contribution in [3.63, 3.8) is 0 Å². The fraction of sp³-hybridized carbons (Fsp3) is 0.526. The number of ether oxygens (including phenoxy) is 2. The van der Waals surface area contributed by atoms with Crippen molar-refractivity contribution in [2.75, 3.05) is 26.2 Å². The van der Waals surface area contributed by atoms with E-state index in [0.717, 1.165) is 11.0 Å². The molecular formula is C19H28N2O5S. The zero-order valence-corrected chi connectivity index (χ0v) is 16.9. The van der Waals surface area contributed by atoms with Crippen LogP contribution in [0.25, 0.3) is 0 Å². The number of hydrogen-bond donors (Lipinski definition) is 0. The molecule has 0 bridgehead atoms. The van der Waals surface area contributed by atoms with Gasteiger partial charge >= 0.3 is 6.09 Å². The van der Waals surface area contributed by atoms with Crippen molar-refractivity contribution in [2.45, 2.75) is 39.0 Å². The summed E-state index contributed by atoms with van der Waals surface area (Å²) in [5, 5.41) is 0.931. The molecule has 0 saturated carbocycles. The third-order valence-electron chi connectivity index (χ3n) is 4.04. The number of amides is 1. The Kier molecular flexibility index (Phi) is 7.02. The molecule has 0 aromatic heterocycles. The predicted octanol–water partition coefficient (Wildman–Crippen LogP) is 2.60. The van der Waals surface area contributed by atoms with Crippen molar-refractivity contribution in [1.29, 1.82) is 0 Å². The molecule has 0 unspecified atom stereocenters.